The Bertz CT molecular complexity index is 389. The maximum Gasteiger partial charge on any atom is 0.279 e. The second kappa shape index (κ2) is 4.41. The minimum Gasteiger partial charge on any atom is -0.330 e. The predicted molar refractivity (Wildman–Crippen MR) is 65.6 cm³/mol. The predicted octanol–water partition coefficient (Wildman–Crippen LogP) is 3.83. The highest BCUT2D eigenvalue weighted by Gasteiger charge is 2.47. The topological polar surface area (TPSA) is 26.0 Å². The lowest BCUT2D eigenvalue weighted by atomic mass is 9.80. The number of nitrogens with two attached hydrogens (primary N) is 1. The van der Waals surface area contributed by atoms with Crippen LogP contribution in [0.5, 0.6) is 0 Å². The minimum absolute atomic E-state index is 0.0392. The summed E-state index contributed by atoms with van der Waals surface area (Å²) in [5.74, 6) is -2.93. The van der Waals surface area contributed by atoms with E-state index in [1.165, 1.54) is 19.9 Å². The lowest BCUT2D eigenvalue weighted by Gasteiger charge is -2.34. The van der Waals surface area contributed by atoms with Gasteiger partial charge in [-0.25, -0.2) is 8.78 Å². The number of rotatable bonds is 3. The van der Waals surface area contributed by atoms with Crippen molar-refractivity contribution < 1.29 is 8.78 Å². The summed E-state index contributed by atoms with van der Waals surface area (Å²) in [6, 6.07) is 4.90. The van der Waals surface area contributed by atoms with Crippen molar-refractivity contribution in [2.24, 2.45) is 11.1 Å². The van der Waals surface area contributed by atoms with E-state index >= 15 is 0 Å². The fraction of sp³-hybridized carbons (Fsp3) is 0.500. The number of benzene rings is 1. The summed E-state index contributed by atoms with van der Waals surface area (Å²) >= 11 is 3.21. The van der Waals surface area contributed by atoms with E-state index in [-0.39, 0.29) is 12.1 Å². The van der Waals surface area contributed by atoms with Crippen LogP contribution in [0.2, 0.25) is 0 Å². The van der Waals surface area contributed by atoms with E-state index in [4.69, 9.17) is 5.73 Å². The smallest absolute Gasteiger partial charge is 0.279 e. The van der Waals surface area contributed by atoms with Gasteiger partial charge in [0.15, 0.2) is 0 Å². The molecule has 0 atom stereocenters. The summed E-state index contributed by atoms with van der Waals surface area (Å²) in [7, 11) is 0. The maximum absolute atomic E-state index is 14.3. The van der Waals surface area contributed by atoms with Gasteiger partial charge in [-0.3, -0.25) is 0 Å². The normalized spacial score (nSPS) is 12.9. The van der Waals surface area contributed by atoms with Crippen molar-refractivity contribution in [3.8, 4) is 0 Å². The summed E-state index contributed by atoms with van der Waals surface area (Å²) in [5, 5.41) is 0. The summed E-state index contributed by atoms with van der Waals surface area (Å²) in [5.41, 5.74) is 4.79. The van der Waals surface area contributed by atoms with Gasteiger partial charge in [-0.1, -0.05) is 35.8 Å². The van der Waals surface area contributed by atoms with Crippen molar-refractivity contribution in [1.82, 2.24) is 0 Å². The molecule has 16 heavy (non-hydrogen) atoms. The van der Waals surface area contributed by atoms with Crippen LogP contribution in [0.15, 0.2) is 22.7 Å². The molecule has 4 heteroatoms. The first-order valence-corrected chi connectivity index (χ1v) is 5.86. The molecule has 0 aliphatic rings. The minimum atomic E-state index is -2.93. The van der Waals surface area contributed by atoms with Gasteiger partial charge in [0.1, 0.15) is 0 Å². The molecule has 0 heterocycles. The van der Waals surface area contributed by atoms with Crippen molar-refractivity contribution in [1.29, 1.82) is 0 Å². The molecule has 1 aromatic rings. The highest BCUT2D eigenvalue weighted by atomic mass is 79.9. The number of halogens is 3. The zero-order chi connectivity index (χ0) is 12.6. The molecule has 0 fully saturated rings. The van der Waals surface area contributed by atoms with Gasteiger partial charge < -0.3 is 5.73 Å². The molecule has 0 radical (unpaired) electrons. The molecular weight excluding hydrogens is 276 g/mol. The van der Waals surface area contributed by atoms with Gasteiger partial charge in [0.2, 0.25) is 0 Å². The number of hydrogen-bond acceptors (Lipinski definition) is 1. The maximum atomic E-state index is 14.3. The van der Waals surface area contributed by atoms with Crippen molar-refractivity contribution in [3.05, 3.63) is 33.8 Å². The van der Waals surface area contributed by atoms with Gasteiger partial charge in [-0.15, -0.1) is 0 Å². The zero-order valence-electron chi connectivity index (χ0n) is 9.65. The van der Waals surface area contributed by atoms with Gasteiger partial charge in [0, 0.05) is 22.0 Å². The van der Waals surface area contributed by atoms with Crippen LogP contribution >= 0.6 is 15.9 Å². The van der Waals surface area contributed by atoms with Crippen LogP contribution in [0.4, 0.5) is 8.78 Å². The van der Waals surface area contributed by atoms with Crippen LogP contribution in [-0.4, -0.2) is 6.54 Å². The quantitative estimate of drug-likeness (QED) is 0.900. The lowest BCUT2D eigenvalue weighted by molar-refractivity contribution is -0.109. The second-order valence-corrected chi connectivity index (χ2v) is 5.54. The molecule has 1 rings (SSSR count). The third kappa shape index (κ3) is 2.28. The van der Waals surface area contributed by atoms with E-state index in [1.807, 2.05) is 0 Å². The van der Waals surface area contributed by atoms with Crippen LogP contribution in [0, 0.1) is 12.3 Å². The molecule has 0 aliphatic carbocycles. The largest absolute Gasteiger partial charge is 0.330 e. The van der Waals surface area contributed by atoms with E-state index in [1.54, 1.807) is 19.1 Å². The lowest BCUT2D eigenvalue weighted by Crippen LogP contribution is -2.40. The third-order valence-electron chi connectivity index (χ3n) is 2.90. The molecule has 0 unspecified atom stereocenters. The van der Waals surface area contributed by atoms with Crippen molar-refractivity contribution in [2.45, 2.75) is 26.7 Å². The van der Waals surface area contributed by atoms with Crippen LogP contribution in [-0.2, 0) is 5.92 Å². The molecule has 90 valence electrons. The highest BCUT2D eigenvalue weighted by Crippen LogP contribution is 2.45. The summed E-state index contributed by atoms with van der Waals surface area (Å²) in [6.45, 7) is 4.58. The van der Waals surface area contributed by atoms with Crippen LogP contribution in [0.3, 0.4) is 0 Å². The molecule has 0 amide bonds. The average Bonchev–Trinajstić information content (AvgIpc) is 2.21. The van der Waals surface area contributed by atoms with E-state index in [0.29, 0.717) is 10.0 Å². The third-order valence-corrected chi connectivity index (χ3v) is 3.39. The molecular formula is C12H16BrF2N. The fourth-order valence-electron chi connectivity index (χ4n) is 1.43. The van der Waals surface area contributed by atoms with Crippen molar-refractivity contribution in [2.75, 3.05) is 6.54 Å². The first-order chi connectivity index (χ1) is 7.22. The molecule has 0 aliphatic heterocycles. The Morgan fingerprint density at radius 1 is 1.31 bits per heavy atom. The van der Waals surface area contributed by atoms with Crippen LogP contribution < -0.4 is 5.73 Å². The number of alkyl halides is 2. The van der Waals surface area contributed by atoms with Gasteiger partial charge in [0.05, 0.1) is 0 Å². The van der Waals surface area contributed by atoms with Crippen LogP contribution in [0.1, 0.15) is 25.0 Å². The summed E-state index contributed by atoms with van der Waals surface area (Å²) in [6.07, 6.45) is 0. The monoisotopic (exact) mass is 291 g/mol. The Labute approximate surface area is 103 Å². The SMILES string of the molecule is Cc1ccc(Br)cc1C(F)(F)C(C)(C)CN. The molecule has 1 nitrogen and oxygen atoms in total. The van der Waals surface area contributed by atoms with Gasteiger partial charge in [-0.05, 0) is 24.6 Å². The fourth-order valence-corrected chi connectivity index (χ4v) is 1.79. The molecule has 2 N–H and O–H groups in total. The van der Waals surface area contributed by atoms with Crippen molar-refractivity contribution in [3.63, 3.8) is 0 Å². The molecule has 0 saturated heterocycles. The number of hydrogen-bond donors (Lipinski definition) is 1. The van der Waals surface area contributed by atoms with Gasteiger partial charge in [-0.2, -0.15) is 0 Å². The van der Waals surface area contributed by atoms with Gasteiger partial charge >= 0.3 is 0 Å². The molecule has 0 bridgehead atoms. The van der Waals surface area contributed by atoms with E-state index < -0.39 is 11.3 Å². The summed E-state index contributed by atoms with van der Waals surface area (Å²) < 4.78 is 29.2. The highest BCUT2D eigenvalue weighted by molar-refractivity contribution is 9.10. The molecule has 0 aromatic heterocycles. The Kier molecular flexibility index (Phi) is 3.75. The Morgan fingerprint density at radius 2 is 1.88 bits per heavy atom. The molecule has 1 aromatic carbocycles. The summed E-state index contributed by atoms with van der Waals surface area (Å²) in [4.78, 5) is 0. The van der Waals surface area contributed by atoms with E-state index in [2.05, 4.69) is 15.9 Å². The average molecular weight is 292 g/mol. The molecule has 0 spiro atoms. The molecule has 0 saturated carbocycles. The van der Waals surface area contributed by atoms with E-state index in [9.17, 15) is 8.78 Å². The standard InChI is InChI=1S/C12H16BrF2N/c1-8-4-5-9(13)6-10(8)12(14,15)11(2,3)7-16/h4-6H,7,16H2,1-3H3. The van der Waals surface area contributed by atoms with E-state index in [0.717, 1.165) is 0 Å². The first kappa shape index (κ1) is 13.6. The Morgan fingerprint density at radius 3 is 2.38 bits per heavy atom. The van der Waals surface area contributed by atoms with Gasteiger partial charge in [0.25, 0.3) is 5.92 Å². The Balaban J connectivity index is 3.31. The second-order valence-electron chi connectivity index (χ2n) is 4.62. The van der Waals surface area contributed by atoms with Crippen molar-refractivity contribution >= 4 is 15.9 Å². The number of aryl methyl sites for hydroxylation is 1. The zero-order valence-corrected chi connectivity index (χ0v) is 11.2. The van der Waals surface area contributed by atoms with Crippen LogP contribution in [0.25, 0.3) is 0 Å². The Hall–Kier alpha value is -0.480. The first-order valence-electron chi connectivity index (χ1n) is 5.07.